The number of nitrogens with one attached hydrogen (secondary N) is 3. The number of hydrogen-bond acceptors (Lipinski definition) is 6. The number of anilines is 3. The SMILES string of the molecule is O=C(Cc1ccc(F)cc1F)NCCNc1ccc(Nc2cccnc2)nn1. The van der Waals surface area contributed by atoms with Crippen LogP contribution in [0.25, 0.3) is 0 Å². The summed E-state index contributed by atoms with van der Waals surface area (Å²) in [6, 6.07) is 10.3. The molecule has 1 amide bonds. The third kappa shape index (κ3) is 5.70. The third-order valence-corrected chi connectivity index (χ3v) is 3.72. The van der Waals surface area contributed by atoms with Gasteiger partial charge in [0.1, 0.15) is 17.5 Å². The normalized spacial score (nSPS) is 10.4. The van der Waals surface area contributed by atoms with Gasteiger partial charge in [-0.1, -0.05) is 6.07 Å². The molecule has 2 aromatic heterocycles. The first-order valence-corrected chi connectivity index (χ1v) is 8.55. The van der Waals surface area contributed by atoms with Gasteiger partial charge in [0.2, 0.25) is 5.91 Å². The van der Waals surface area contributed by atoms with Crippen LogP contribution in [0.3, 0.4) is 0 Å². The van der Waals surface area contributed by atoms with Crippen molar-refractivity contribution in [2.75, 3.05) is 23.7 Å². The second kappa shape index (κ2) is 9.36. The maximum Gasteiger partial charge on any atom is 0.224 e. The number of benzene rings is 1. The lowest BCUT2D eigenvalue weighted by atomic mass is 10.1. The molecule has 3 rings (SSSR count). The molecule has 0 aliphatic carbocycles. The lowest BCUT2D eigenvalue weighted by Crippen LogP contribution is -2.30. The van der Waals surface area contributed by atoms with Crippen molar-refractivity contribution < 1.29 is 13.6 Å². The van der Waals surface area contributed by atoms with Gasteiger partial charge in [0.05, 0.1) is 18.3 Å². The molecule has 3 aromatic rings. The first kappa shape index (κ1) is 19.2. The van der Waals surface area contributed by atoms with Gasteiger partial charge in [-0.3, -0.25) is 9.78 Å². The molecule has 0 atom stereocenters. The van der Waals surface area contributed by atoms with E-state index in [4.69, 9.17) is 0 Å². The molecule has 9 heteroatoms. The van der Waals surface area contributed by atoms with Crippen molar-refractivity contribution in [3.63, 3.8) is 0 Å². The fourth-order valence-electron chi connectivity index (χ4n) is 2.37. The highest BCUT2D eigenvalue weighted by Gasteiger charge is 2.08. The van der Waals surface area contributed by atoms with Crippen molar-refractivity contribution in [3.8, 4) is 0 Å². The Morgan fingerprint density at radius 2 is 1.82 bits per heavy atom. The van der Waals surface area contributed by atoms with Crippen molar-refractivity contribution in [2.24, 2.45) is 0 Å². The predicted molar refractivity (Wildman–Crippen MR) is 101 cm³/mol. The van der Waals surface area contributed by atoms with E-state index in [0.29, 0.717) is 24.7 Å². The molecule has 0 unspecified atom stereocenters. The van der Waals surface area contributed by atoms with Crippen LogP contribution in [0.4, 0.5) is 26.1 Å². The summed E-state index contributed by atoms with van der Waals surface area (Å²) in [5.41, 5.74) is 0.951. The summed E-state index contributed by atoms with van der Waals surface area (Å²) in [5, 5.41) is 16.8. The highest BCUT2D eigenvalue weighted by molar-refractivity contribution is 5.78. The molecule has 0 spiro atoms. The van der Waals surface area contributed by atoms with E-state index in [1.54, 1.807) is 24.5 Å². The molecular formula is C19H18F2N6O. The Bertz CT molecular complexity index is 921. The van der Waals surface area contributed by atoms with E-state index in [0.717, 1.165) is 17.8 Å². The maximum atomic E-state index is 13.5. The van der Waals surface area contributed by atoms with Gasteiger partial charge in [0, 0.05) is 25.4 Å². The predicted octanol–water partition coefficient (Wildman–Crippen LogP) is 2.66. The molecule has 0 saturated carbocycles. The van der Waals surface area contributed by atoms with Gasteiger partial charge in [-0.05, 0) is 35.9 Å². The van der Waals surface area contributed by atoms with Crippen molar-refractivity contribution in [3.05, 3.63) is 72.1 Å². The summed E-state index contributed by atoms with van der Waals surface area (Å²) >= 11 is 0. The number of aromatic nitrogens is 3. The Balaban J connectivity index is 1.39. The van der Waals surface area contributed by atoms with Crippen molar-refractivity contribution >= 4 is 23.2 Å². The van der Waals surface area contributed by atoms with E-state index in [1.807, 2.05) is 12.1 Å². The van der Waals surface area contributed by atoms with E-state index in [1.165, 1.54) is 6.07 Å². The lowest BCUT2D eigenvalue weighted by Gasteiger charge is -2.08. The minimum Gasteiger partial charge on any atom is -0.367 e. The summed E-state index contributed by atoms with van der Waals surface area (Å²) in [6.07, 6.45) is 3.20. The monoisotopic (exact) mass is 384 g/mol. The van der Waals surface area contributed by atoms with Crippen LogP contribution in [0.5, 0.6) is 0 Å². The zero-order valence-electron chi connectivity index (χ0n) is 14.8. The number of carbonyl (C=O) groups excluding carboxylic acids is 1. The first-order valence-electron chi connectivity index (χ1n) is 8.55. The van der Waals surface area contributed by atoms with Gasteiger partial charge in [-0.15, -0.1) is 10.2 Å². The first-order chi connectivity index (χ1) is 13.6. The average molecular weight is 384 g/mol. The second-order valence-corrected chi connectivity index (χ2v) is 5.86. The minimum absolute atomic E-state index is 0.148. The van der Waals surface area contributed by atoms with Crippen LogP contribution in [0.2, 0.25) is 0 Å². The quantitative estimate of drug-likeness (QED) is 0.517. The fraction of sp³-hybridized carbons (Fsp3) is 0.158. The highest BCUT2D eigenvalue weighted by atomic mass is 19.1. The molecule has 0 aliphatic heterocycles. The van der Waals surface area contributed by atoms with Gasteiger partial charge in [-0.2, -0.15) is 0 Å². The Kier molecular flexibility index (Phi) is 6.40. The van der Waals surface area contributed by atoms with Gasteiger partial charge < -0.3 is 16.0 Å². The Morgan fingerprint density at radius 1 is 1.00 bits per heavy atom. The van der Waals surface area contributed by atoms with Crippen molar-refractivity contribution in [1.29, 1.82) is 0 Å². The summed E-state index contributed by atoms with van der Waals surface area (Å²) in [6.45, 7) is 0.737. The van der Waals surface area contributed by atoms with Crippen molar-refractivity contribution in [1.82, 2.24) is 20.5 Å². The van der Waals surface area contributed by atoms with Gasteiger partial charge in [-0.25, -0.2) is 8.78 Å². The van der Waals surface area contributed by atoms with Crippen molar-refractivity contribution in [2.45, 2.75) is 6.42 Å². The molecular weight excluding hydrogens is 366 g/mol. The molecule has 1 aromatic carbocycles. The summed E-state index contributed by atoms with van der Waals surface area (Å²) in [5.74, 6) is -0.629. The van der Waals surface area contributed by atoms with Crippen LogP contribution in [0.15, 0.2) is 54.9 Å². The standard InChI is InChI=1S/C19H18F2N6O/c20-14-4-3-13(16(21)11-14)10-19(28)24-9-8-23-17-5-6-18(27-26-17)25-15-2-1-7-22-12-15/h1-7,11-12H,8-10H2,(H,23,26)(H,24,28)(H,25,27). The Labute approximate surface area is 160 Å². The molecule has 0 fully saturated rings. The van der Waals surface area contributed by atoms with Gasteiger partial charge in [0.15, 0.2) is 5.82 Å². The molecule has 0 bridgehead atoms. The Hall–Kier alpha value is -3.62. The second-order valence-electron chi connectivity index (χ2n) is 5.86. The molecule has 7 nitrogen and oxygen atoms in total. The molecule has 3 N–H and O–H groups in total. The van der Waals surface area contributed by atoms with Crippen LogP contribution >= 0.6 is 0 Å². The lowest BCUT2D eigenvalue weighted by molar-refractivity contribution is -0.120. The van der Waals surface area contributed by atoms with Crippen LogP contribution < -0.4 is 16.0 Å². The molecule has 0 saturated heterocycles. The zero-order chi connectivity index (χ0) is 19.8. The largest absolute Gasteiger partial charge is 0.367 e. The minimum atomic E-state index is -0.733. The number of hydrogen-bond donors (Lipinski definition) is 3. The van der Waals surface area contributed by atoms with Crippen LogP contribution in [-0.4, -0.2) is 34.2 Å². The maximum absolute atomic E-state index is 13.5. The average Bonchev–Trinajstić information content (AvgIpc) is 2.69. The number of rotatable bonds is 8. The number of nitrogens with zero attached hydrogens (tertiary/aromatic N) is 3. The smallest absolute Gasteiger partial charge is 0.224 e. The molecule has 2 heterocycles. The van der Waals surface area contributed by atoms with E-state index in [9.17, 15) is 13.6 Å². The summed E-state index contributed by atoms with van der Waals surface area (Å²) in [7, 11) is 0. The summed E-state index contributed by atoms with van der Waals surface area (Å²) in [4.78, 5) is 15.8. The molecule has 144 valence electrons. The van der Waals surface area contributed by atoms with Gasteiger partial charge in [0.25, 0.3) is 0 Å². The Morgan fingerprint density at radius 3 is 2.54 bits per heavy atom. The summed E-state index contributed by atoms with van der Waals surface area (Å²) < 4.78 is 26.4. The molecule has 28 heavy (non-hydrogen) atoms. The highest BCUT2D eigenvalue weighted by Crippen LogP contribution is 2.13. The molecule has 0 aliphatic rings. The number of carbonyl (C=O) groups is 1. The molecule has 0 radical (unpaired) electrons. The zero-order valence-corrected chi connectivity index (χ0v) is 14.8. The van der Waals surface area contributed by atoms with Crippen LogP contribution in [-0.2, 0) is 11.2 Å². The number of amides is 1. The van der Waals surface area contributed by atoms with E-state index >= 15 is 0 Å². The van der Waals surface area contributed by atoms with Gasteiger partial charge >= 0.3 is 0 Å². The van der Waals surface area contributed by atoms with E-state index in [2.05, 4.69) is 31.1 Å². The van der Waals surface area contributed by atoms with Crippen LogP contribution in [0.1, 0.15) is 5.56 Å². The van der Waals surface area contributed by atoms with E-state index in [-0.39, 0.29) is 17.9 Å². The van der Waals surface area contributed by atoms with E-state index < -0.39 is 11.6 Å². The number of pyridine rings is 1. The third-order valence-electron chi connectivity index (χ3n) is 3.72. The van der Waals surface area contributed by atoms with Crippen LogP contribution in [0, 0.1) is 11.6 Å². The topological polar surface area (TPSA) is 91.8 Å². The number of halogens is 2. The fourth-order valence-corrected chi connectivity index (χ4v) is 2.37.